The first-order valence-corrected chi connectivity index (χ1v) is 4.14. The molecule has 0 spiro atoms. The van der Waals surface area contributed by atoms with E-state index in [4.69, 9.17) is 0 Å². The first kappa shape index (κ1) is 11.3. The van der Waals surface area contributed by atoms with Gasteiger partial charge in [0, 0.05) is 11.8 Å². The fourth-order valence-electron chi connectivity index (χ4n) is 1.00. The fraction of sp³-hybridized carbons (Fsp3) is 0.375. The smallest absolute Gasteiger partial charge is 0.311 e. The third-order valence-electron chi connectivity index (χ3n) is 1.63. The Morgan fingerprint density at radius 2 is 2.27 bits per heavy atom. The summed E-state index contributed by atoms with van der Waals surface area (Å²) in [6.07, 6.45) is -2.58. The average Bonchev–Trinajstić information content (AvgIpc) is 2.14. The van der Waals surface area contributed by atoms with E-state index in [0.29, 0.717) is 5.69 Å². The van der Waals surface area contributed by atoms with Gasteiger partial charge < -0.3 is 5.32 Å². The Bertz CT molecular complexity index is 371. The molecule has 0 saturated heterocycles. The van der Waals surface area contributed by atoms with Gasteiger partial charge in [0.25, 0.3) is 6.43 Å². The molecule has 0 amide bonds. The number of aryl methyl sites for hydroxylation is 1. The molecule has 15 heavy (non-hydrogen) atoms. The summed E-state index contributed by atoms with van der Waals surface area (Å²) in [5.74, 6) is -0.125. The van der Waals surface area contributed by atoms with E-state index in [2.05, 4.69) is 10.3 Å². The lowest BCUT2D eigenvalue weighted by atomic mass is 10.3. The van der Waals surface area contributed by atoms with Crippen LogP contribution in [0.15, 0.2) is 12.1 Å². The quantitative estimate of drug-likeness (QED) is 0.618. The molecule has 0 radical (unpaired) electrons. The van der Waals surface area contributed by atoms with Crippen LogP contribution in [0.2, 0.25) is 0 Å². The predicted octanol–water partition coefficient (Wildman–Crippen LogP) is 1.98. The number of halogens is 2. The monoisotopic (exact) mass is 217 g/mol. The van der Waals surface area contributed by atoms with Crippen molar-refractivity contribution in [1.82, 2.24) is 4.98 Å². The van der Waals surface area contributed by atoms with Crippen molar-refractivity contribution in [2.75, 3.05) is 11.9 Å². The number of hydrogen-bond acceptors (Lipinski definition) is 4. The first-order valence-electron chi connectivity index (χ1n) is 4.14. The number of nitro groups is 1. The Hall–Kier alpha value is -1.79. The van der Waals surface area contributed by atoms with Gasteiger partial charge in [0.1, 0.15) is 0 Å². The normalized spacial score (nSPS) is 10.4. The van der Waals surface area contributed by atoms with Crippen molar-refractivity contribution in [2.24, 2.45) is 0 Å². The molecule has 0 unspecified atom stereocenters. The van der Waals surface area contributed by atoms with Crippen molar-refractivity contribution in [2.45, 2.75) is 13.3 Å². The second-order valence-electron chi connectivity index (χ2n) is 2.85. The van der Waals surface area contributed by atoms with Crippen LogP contribution in [-0.4, -0.2) is 22.9 Å². The van der Waals surface area contributed by atoms with Crippen LogP contribution in [0.25, 0.3) is 0 Å². The maximum absolute atomic E-state index is 11.9. The van der Waals surface area contributed by atoms with Crippen LogP contribution in [-0.2, 0) is 0 Å². The highest BCUT2D eigenvalue weighted by Gasteiger charge is 2.15. The van der Waals surface area contributed by atoms with Gasteiger partial charge in [-0.25, -0.2) is 13.8 Å². The van der Waals surface area contributed by atoms with Crippen LogP contribution in [0.5, 0.6) is 0 Å². The summed E-state index contributed by atoms with van der Waals surface area (Å²) in [4.78, 5) is 13.6. The number of hydrogen-bond donors (Lipinski definition) is 1. The van der Waals surface area contributed by atoms with Gasteiger partial charge in [-0.3, -0.25) is 10.1 Å². The minimum atomic E-state index is -2.58. The number of rotatable bonds is 4. The van der Waals surface area contributed by atoms with Crippen LogP contribution in [0, 0.1) is 17.0 Å². The third-order valence-corrected chi connectivity index (χ3v) is 1.63. The zero-order valence-corrected chi connectivity index (χ0v) is 7.91. The number of aromatic nitrogens is 1. The van der Waals surface area contributed by atoms with Crippen molar-refractivity contribution in [3.63, 3.8) is 0 Å². The zero-order chi connectivity index (χ0) is 11.4. The van der Waals surface area contributed by atoms with Crippen molar-refractivity contribution in [3.05, 3.63) is 27.9 Å². The molecular weight excluding hydrogens is 208 g/mol. The Kier molecular flexibility index (Phi) is 3.48. The lowest BCUT2D eigenvalue weighted by Crippen LogP contribution is -2.13. The number of nitrogens with zero attached hydrogens (tertiary/aromatic N) is 2. The van der Waals surface area contributed by atoms with Crippen molar-refractivity contribution in [3.8, 4) is 0 Å². The fourth-order valence-corrected chi connectivity index (χ4v) is 1.00. The molecule has 0 aliphatic heterocycles. The lowest BCUT2D eigenvalue weighted by molar-refractivity contribution is -0.384. The van der Waals surface area contributed by atoms with E-state index in [0.717, 1.165) is 0 Å². The molecular formula is C8H9F2N3O2. The van der Waals surface area contributed by atoms with E-state index >= 15 is 0 Å². The highest BCUT2D eigenvalue weighted by molar-refractivity contribution is 5.56. The Morgan fingerprint density at radius 3 is 2.80 bits per heavy atom. The minimum Gasteiger partial charge on any atom is -0.359 e. The molecule has 5 nitrogen and oxygen atoms in total. The summed E-state index contributed by atoms with van der Waals surface area (Å²) < 4.78 is 23.8. The minimum absolute atomic E-state index is 0.125. The standard InChI is InChI=1S/C8H9F2N3O2/c1-5-2-3-6(13(14)15)8(12-5)11-4-7(9)10/h2-3,7H,4H2,1H3,(H,11,12). The van der Waals surface area contributed by atoms with Crippen LogP contribution in [0.1, 0.15) is 5.69 Å². The third kappa shape index (κ3) is 3.12. The van der Waals surface area contributed by atoms with Gasteiger partial charge in [0.2, 0.25) is 5.82 Å². The molecule has 1 N–H and O–H groups in total. The Morgan fingerprint density at radius 1 is 1.60 bits per heavy atom. The molecule has 1 heterocycles. The summed E-state index contributed by atoms with van der Waals surface area (Å²) in [6.45, 7) is 0.967. The topological polar surface area (TPSA) is 68.1 Å². The highest BCUT2D eigenvalue weighted by atomic mass is 19.3. The second kappa shape index (κ2) is 4.63. The predicted molar refractivity (Wildman–Crippen MR) is 50.1 cm³/mol. The second-order valence-corrected chi connectivity index (χ2v) is 2.85. The van der Waals surface area contributed by atoms with Gasteiger partial charge in [0.05, 0.1) is 11.5 Å². The van der Waals surface area contributed by atoms with Crippen LogP contribution < -0.4 is 5.32 Å². The van der Waals surface area contributed by atoms with Crippen molar-refractivity contribution < 1.29 is 13.7 Å². The van der Waals surface area contributed by atoms with E-state index in [1.165, 1.54) is 12.1 Å². The molecule has 0 aliphatic rings. The molecule has 0 saturated carbocycles. The molecule has 1 rings (SSSR count). The van der Waals surface area contributed by atoms with Crippen molar-refractivity contribution >= 4 is 11.5 Å². The van der Waals surface area contributed by atoms with E-state index in [-0.39, 0.29) is 11.5 Å². The van der Waals surface area contributed by atoms with E-state index in [1.807, 2.05) is 0 Å². The molecule has 0 fully saturated rings. The molecule has 82 valence electrons. The van der Waals surface area contributed by atoms with Gasteiger partial charge in [-0.2, -0.15) is 0 Å². The first-order chi connectivity index (χ1) is 7.00. The molecule has 0 atom stereocenters. The summed E-state index contributed by atoms with van der Waals surface area (Å²) in [6, 6.07) is 2.68. The molecule has 0 bridgehead atoms. The maximum Gasteiger partial charge on any atom is 0.311 e. The van der Waals surface area contributed by atoms with E-state index in [9.17, 15) is 18.9 Å². The van der Waals surface area contributed by atoms with Gasteiger partial charge in [0.15, 0.2) is 0 Å². The van der Waals surface area contributed by atoms with E-state index < -0.39 is 17.9 Å². The molecule has 0 aliphatic carbocycles. The summed E-state index contributed by atoms with van der Waals surface area (Å²) >= 11 is 0. The molecule has 1 aromatic rings. The van der Waals surface area contributed by atoms with Gasteiger partial charge >= 0.3 is 5.69 Å². The number of anilines is 1. The number of nitrogens with one attached hydrogen (secondary N) is 1. The van der Waals surface area contributed by atoms with Gasteiger partial charge in [-0.15, -0.1) is 0 Å². The summed E-state index contributed by atoms with van der Waals surface area (Å²) in [7, 11) is 0. The van der Waals surface area contributed by atoms with Crippen LogP contribution in [0.3, 0.4) is 0 Å². The zero-order valence-electron chi connectivity index (χ0n) is 7.91. The lowest BCUT2D eigenvalue weighted by Gasteiger charge is -2.05. The highest BCUT2D eigenvalue weighted by Crippen LogP contribution is 2.21. The van der Waals surface area contributed by atoms with E-state index in [1.54, 1.807) is 6.92 Å². The van der Waals surface area contributed by atoms with Gasteiger partial charge in [-0.1, -0.05) is 0 Å². The Balaban J connectivity index is 2.92. The van der Waals surface area contributed by atoms with Gasteiger partial charge in [-0.05, 0) is 13.0 Å². The maximum atomic E-state index is 11.9. The molecule has 0 aromatic carbocycles. The van der Waals surface area contributed by atoms with Crippen LogP contribution >= 0.6 is 0 Å². The van der Waals surface area contributed by atoms with Crippen molar-refractivity contribution in [1.29, 1.82) is 0 Å². The largest absolute Gasteiger partial charge is 0.359 e. The Labute approximate surface area is 84.3 Å². The van der Waals surface area contributed by atoms with Crippen LogP contribution in [0.4, 0.5) is 20.3 Å². The average molecular weight is 217 g/mol. The molecule has 7 heteroatoms. The molecule has 1 aromatic heterocycles. The number of pyridine rings is 1. The SMILES string of the molecule is Cc1ccc([N+](=O)[O-])c(NCC(F)F)n1. The summed E-state index contributed by atoms with van der Waals surface area (Å²) in [5.41, 5.74) is 0.221. The summed E-state index contributed by atoms with van der Waals surface area (Å²) in [5, 5.41) is 12.7. The number of alkyl halides is 2.